The standard InChI is InChI=1S/C25H21F3O3/c1-3-14-7-8-19(31-18-9-10-21(25(26,27)28)15(4-2)12-18)13-20(14)22-23(29)16-5-6-17(11-16)24(22)30/h2,7-10,12-13,16-17,29H,3,5-6,11H2,1H3/t16-,17+/m0/s1. The Morgan fingerprint density at radius 1 is 1.13 bits per heavy atom. The molecule has 1 saturated carbocycles. The molecule has 160 valence electrons. The zero-order valence-corrected chi connectivity index (χ0v) is 16.9. The molecule has 2 bridgehead atoms. The van der Waals surface area contributed by atoms with Crippen LogP contribution in [0.5, 0.6) is 11.5 Å². The smallest absolute Gasteiger partial charge is 0.417 e. The van der Waals surface area contributed by atoms with Crippen molar-refractivity contribution in [2.24, 2.45) is 11.8 Å². The van der Waals surface area contributed by atoms with Crippen LogP contribution < -0.4 is 4.74 Å². The minimum Gasteiger partial charge on any atom is -0.511 e. The van der Waals surface area contributed by atoms with E-state index in [0.717, 1.165) is 24.5 Å². The van der Waals surface area contributed by atoms with Crippen LogP contribution in [0, 0.1) is 24.2 Å². The first-order valence-electron chi connectivity index (χ1n) is 10.2. The molecule has 0 aliphatic heterocycles. The molecule has 2 aromatic carbocycles. The van der Waals surface area contributed by atoms with Crippen molar-refractivity contribution >= 4 is 11.4 Å². The van der Waals surface area contributed by atoms with Gasteiger partial charge in [-0.25, -0.2) is 0 Å². The van der Waals surface area contributed by atoms with Gasteiger partial charge in [-0.15, -0.1) is 6.42 Å². The van der Waals surface area contributed by atoms with Crippen molar-refractivity contribution in [3.05, 3.63) is 64.4 Å². The fourth-order valence-corrected chi connectivity index (χ4v) is 4.52. The second-order valence-corrected chi connectivity index (χ2v) is 7.96. The molecule has 1 N–H and O–H groups in total. The highest BCUT2D eigenvalue weighted by Gasteiger charge is 2.41. The minimum atomic E-state index is -4.55. The van der Waals surface area contributed by atoms with Crippen LogP contribution in [0.4, 0.5) is 13.2 Å². The van der Waals surface area contributed by atoms with E-state index in [-0.39, 0.29) is 34.7 Å². The van der Waals surface area contributed by atoms with Crippen LogP contribution in [0.15, 0.2) is 42.2 Å². The Labute approximate surface area is 178 Å². The molecule has 2 aliphatic rings. The molecule has 0 radical (unpaired) electrons. The van der Waals surface area contributed by atoms with Crippen molar-refractivity contribution in [1.29, 1.82) is 0 Å². The number of ether oxygens (including phenoxy) is 1. The molecule has 2 atom stereocenters. The van der Waals surface area contributed by atoms with Gasteiger partial charge in [-0.3, -0.25) is 4.79 Å². The molecule has 0 saturated heterocycles. The number of alkyl halides is 3. The number of halogens is 3. The van der Waals surface area contributed by atoms with Gasteiger partial charge >= 0.3 is 6.18 Å². The number of aliphatic hydroxyl groups is 1. The van der Waals surface area contributed by atoms with Crippen molar-refractivity contribution < 1.29 is 27.8 Å². The number of aryl methyl sites for hydroxylation is 1. The minimum absolute atomic E-state index is 0.0000743. The maximum absolute atomic E-state index is 13.1. The molecule has 0 amide bonds. The summed E-state index contributed by atoms with van der Waals surface area (Å²) in [5, 5.41) is 10.7. The molecular formula is C25H21F3O3. The summed E-state index contributed by atoms with van der Waals surface area (Å²) < 4.78 is 45.0. The van der Waals surface area contributed by atoms with Gasteiger partial charge in [0.25, 0.3) is 0 Å². The van der Waals surface area contributed by atoms with Crippen LogP contribution in [-0.4, -0.2) is 10.9 Å². The number of terminal acetylenes is 1. The maximum atomic E-state index is 13.1. The zero-order valence-electron chi connectivity index (χ0n) is 16.9. The third-order valence-corrected chi connectivity index (χ3v) is 6.11. The molecule has 0 spiro atoms. The second kappa shape index (κ2) is 7.81. The molecule has 0 aromatic heterocycles. The summed E-state index contributed by atoms with van der Waals surface area (Å²) in [5.74, 6) is 2.57. The van der Waals surface area contributed by atoms with Gasteiger partial charge in [0.15, 0.2) is 5.78 Å². The van der Waals surface area contributed by atoms with Crippen LogP contribution in [0.1, 0.15) is 48.4 Å². The highest BCUT2D eigenvalue weighted by atomic mass is 19.4. The summed E-state index contributed by atoms with van der Waals surface area (Å²) in [6.45, 7) is 1.95. The van der Waals surface area contributed by atoms with E-state index >= 15 is 0 Å². The van der Waals surface area contributed by atoms with Gasteiger partial charge in [0.1, 0.15) is 17.3 Å². The first kappa shape index (κ1) is 21.0. The van der Waals surface area contributed by atoms with Gasteiger partial charge in [-0.1, -0.05) is 18.9 Å². The number of benzene rings is 2. The number of carbonyl (C=O) groups excluding carboxylic acids is 1. The predicted molar refractivity (Wildman–Crippen MR) is 111 cm³/mol. The molecule has 4 rings (SSSR count). The van der Waals surface area contributed by atoms with Gasteiger partial charge in [-0.05, 0) is 67.1 Å². The van der Waals surface area contributed by atoms with E-state index in [9.17, 15) is 23.1 Å². The second-order valence-electron chi connectivity index (χ2n) is 7.96. The summed E-state index contributed by atoms with van der Waals surface area (Å²) in [6, 6.07) is 8.43. The molecule has 0 heterocycles. The summed E-state index contributed by atoms with van der Waals surface area (Å²) in [7, 11) is 0. The Kier molecular flexibility index (Phi) is 5.30. The number of allylic oxidation sites excluding steroid dienone is 2. The Morgan fingerprint density at radius 3 is 2.48 bits per heavy atom. The fraction of sp³-hybridized carbons (Fsp3) is 0.320. The number of carbonyl (C=O) groups is 1. The van der Waals surface area contributed by atoms with Crippen molar-refractivity contribution in [3.8, 4) is 23.8 Å². The van der Waals surface area contributed by atoms with E-state index in [2.05, 4.69) is 5.92 Å². The van der Waals surface area contributed by atoms with Gasteiger partial charge in [-0.2, -0.15) is 13.2 Å². The largest absolute Gasteiger partial charge is 0.511 e. The normalized spacial score (nSPS) is 20.7. The summed E-state index contributed by atoms with van der Waals surface area (Å²) in [4.78, 5) is 13.0. The topological polar surface area (TPSA) is 46.5 Å². The Bertz CT molecular complexity index is 1120. The summed E-state index contributed by atoms with van der Waals surface area (Å²) >= 11 is 0. The number of fused-ring (bicyclic) bond motifs is 2. The van der Waals surface area contributed by atoms with Crippen LogP contribution in [0.25, 0.3) is 5.57 Å². The van der Waals surface area contributed by atoms with E-state index in [1.807, 2.05) is 6.92 Å². The average molecular weight is 426 g/mol. The van der Waals surface area contributed by atoms with E-state index in [1.54, 1.807) is 18.2 Å². The molecule has 1 fully saturated rings. The lowest BCUT2D eigenvalue weighted by atomic mass is 9.81. The van der Waals surface area contributed by atoms with Gasteiger partial charge in [0.2, 0.25) is 0 Å². The van der Waals surface area contributed by atoms with Crippen molar-refractivity contribution in [1.82, 2.24) is 0 Å². The Hall–Kier alpha value is -3.20. The Balaban J connectivity index is 1.72. The lowest BCUT2D eigenvalue weighted by Crippen LogP contribution is -2.21. The Morgan fingerprint density at radius 2 is 1.81 bits per heavy atom. The zero-order chi connectivity index (χ0) is 22.3. The fourth-order valence-electron chi connectivity index (χ4n) is 4.52. The van der Waals surface area contributed by atoms with Crippen LogP contribution >= 0.6 is 0 Å². The third-order valence-electron chi connectivity index (χ3n) is 6.11. The van der Waals surface area contributed by atoms with Crippen molar-refractivity contribution in [2.75, 3.05) is 0 Å². The molecular weight excluding hydrogens is 405 g/mol. The molecule has 31 heavy (non-hydrogen) atoms. The van der Waals surface area contributed by atoms with Crippen LogP contribution in [0.3, 0.4) is 0 Å². The predicted octanol–water partition coefficient (Wildman–Crippen LogP) is 6.31. The van der Waals surface area contributed by atoms with Crippen LogP contribution in [0.2, 0.25) is 0 Å². The first-order valence-corrected chi connectivity index (χ1v) is 10.2. The number of Topliss-reactive ketones (excluding diaryl/α,β-unsaturated/α-hetero) is 1. The van der Waals surface area contributed by atoms with E-state index in [0.29, 0.717) is 29.7 Å². The lowest BCUT2D eigenvalue weighted by molar-refractivity contribution is -0.137. The SMILES string of the molecule is C#Cc1cc(Oc2ccc(CC)c(C3=C(O)[C@H]4CC[C@H](C4)C3=O)c2)ccc1C(F)(F)F. The monoisotopic (exact) mass is 426 g/mol. The quantitative estimate of drug-likeness (QED) is 0.583. The van der Waals surface area contributed by atoms with Crippen LogP contribution in [-0.2, 0) is 17.4 Å². The molecule has 0 unspecified atom stereocenters. The average Bonchev–Trinajstić information content (AvgIpc) is 3.19. The van der Waals surface area contributed by atoms with E-state index < -0.39 is 11.7 Å². The molecule has 3 nitrogen and oxygen atoms in total. The molecule has 6 heteroatoms. The van der Waals surface area contributed by atoms with E-state index in [4.69, 9.17) is 11.2 Å². The van der Waals surface area contributed by atoms with Gasteiger partial charge in [0, 0.05) is 17.4 Å². The number of ketones is 1. The first-order chi connectivity index (χ1) is 14.7. The summed E-state index contributed by atoms with van der Waals surface area (Å²) in [6.07, 6.45) is 3.60. The maximum Gasteiger partial charge on any atom is 0.417 e. The van der Waals surface area contributed by atoms with Gasteiger partial charge in [0.05, 0.1) is 11.1 Å². The number of rotatable bonds is 4. The summed E-state index contributed by atoms with van der Waals surface area (Å²) in [5.41, 5.74) is 0.638. The molecule has 2 aliphatic carbocycles. The highest BCUT2D eigenvalue weighted by Crippen LogP contribution is 2.46. The lowest BCUT2D eigenvalue weighted by Gasteiger charge is -2.23. The number of hydrogen-bond donors (Lipinski definition) is 1. The highest BCUT2D eigenvalue weighted by molar-refractivity contribution is 6.23. The molecule has 2 aromatic rings. The number of hydrogen-bond acceptors (Lipinski definition) is 3. The van der Waals surface area contributed by atoms with Gasteiger partial charge < -0.3 is 9.84 Å². The third kappa shape index (κ3) is 3.81. The van der Waals surface area contributed by atoms with E-state index in [1.165, 1.54) is 12.1 Å². The number of aliphatic hydroxyl groups excluding tert-OH is 1. The van der Waals surface area contributed by atoms with Crippen molar-refractivity contribution in [3.63, 3.8) is 0 Å². The van der Waals surface area contributed by atoms with Crippen molar-refractivity contribution in [2.45, 2.75) is 38.8 Å².